The van der Waals surface area contributed by atoms with Crippen LogP contribution in [0.15, 0.2) is 88.6 Å². The number of imidazole rings is 1. The van der Waals surface area contributed by atoms with E-state index in [4.69, 9.17) is 9.15 Å². The molecule has 2 N–H and O–H groups in total. The van der Waals surface area contributed by atoms with Crippen LogP contribution >= 0.6 is 0 Å². The number of carbonyl (C=O) groups is 1. The standard InChI is InChI=1S/C28H18F2N6O6S/c1-41-26-21(35-43(39,40)23-7-6-19(29)11-20(23)30)10-18(12-32-26)17-5-8-24-31-13-22(36(24)14-17)27-34-33-25(42-27)15-3-2-4-16(9-15)28(37)38/h2-14,35H,1H3,(H,37,38). The van der Waals surface area contributed by atoms with Crippen LogP contribution in [0.3, 0.4) is 0 Å². The summed E-state index contributed by atoms with van der Waals surface area (Å²) >= 11 is 0. The molecule has 0 amide bonds. The second-order valence-electron chi connectivity index (χ2n) is 9.05. The third-order valence-electron chi connectivity index (χ3n) is 6.31. The molecular formula is C28H18F2N6O6S. The second-order valence-corrected chi connectivity index (χ2v) is 10.7. The largest absolute Gasteiger partial charge is 0.480 e. The van der Waals surface area contributed by atoms with Crippen molar-refractivity contribution in [3.05, 3.63) is 96.5 Å². The SMILES string of the molecule is COc1ncc(-c2ccc3ncc(-c4nnc(-c5cccc(C(=O)O)c5)o4)n3c2)cc1NS(=O)(=O)c1ccc(F)cc1F. The van der Waals surface area contributed by atoms with Gasteiger partial charge in [-0.25, -0.2) is 32.0 Å². The van der Waals surface area contributed by atoms with Crippen molar-refractivity contribution >= 4 is 27.3 Å². The number of nitrogens with zero attached hydrogens (tertiary/aromatic N) is 5. The smallest absolute Gasteiger partial charge is 0.335 e. The first-order valence-electron chi connectivity index (χ1n) is 12.3. The Balaban J connectivity index is 1.36. The van der Waals surface area contributed by atoms with Crippen LogP contribution in [0.2, 0.25) is 0 Å². The third kappa shape index (κ3) is 5.24. The highest BCUT2D eigenvalue weighted by Gasteiger charge is 2.23. The predicted molar refractivity (Wildman–Crippen MR) is 148 cm³/mol. The van der Waals surface area contributed by atoms with Crippen LogP contribution in [0, 0.1) is 11.6 Å². The molecule has 2 aromatic carbocycles. The van der Waals surface area contributed by atoms with E-state index < -0.39 is 32.5 Å². The lowest BCUT2D eigenvalue weighted by molar-refractivity contribution is 0.0697. The molecule has 6 aromatic rings. The van der Waals surface area contributed by atoms with Crippen LogP contribution in [0.5, 0.6) is 5.88 Å². The van der Waals surface area contributed by atoms with Crippen LogP contribution in [-0.4, -0.2) is 51.2 Å². The summed E-state index contributed by atoms with van der Waals surface area (Å²) in [5, 5.41) is 17.4. The molecule has 216 valence electrons. The minimum atomic E-state index is -4.48. The van der Waals surface area contributed by atoms with Gasteiger partial charge in [0.2, 0.25) is 11.8 Å². The van der Waals surface area contributed by atoms with Gasteiger partial charge >= 0.3 is 5.97 Å². The number of aromatic carboxylic acids is 1. The fraction of sp³-hybridized carbons (Fsp3) is 0.0357. The summed E-state index contributed by atoms with van der Waals surface area (Å²) in [5.41, 5.74) is 2.39. The summed E-state index contributed by atoms with van der Waals surface area (Å²) in [6, 6.07) is 13.1. The van der Waals surface area contributed by atoms with Gasteiger partial charge in [0.05, 0.1) is 18.9 Å². The van der Waals surface area contributed by atoms with E-state index in [1.165, 1.54) is 37.7 Å². The maximum atomic E-state index is 14.3. The van der Waals surface area contributed by atoms with Gasteiger partial charge in [-0.1, -0.05) is 6.07 Å². The Hall–Kier alpha value is -5.70. The zero-order valence-electron chi connectivity index (χ0n) is 21.9. The molecule has 4 heterocycles. The molecule has 0 aliphatic heterocycles. The molecule has 4 aromatic heterocycles. The van der Waals surface area contributed by atoms with Crippen molar-refractivity contribution in [3.63, 3.8) is 0 Å². The molecule has 15 heteroatoms. The quantitative estimate of drug-likeness (QED) is 0.244. The predicted octanol–water partition coefficient (Wildman–Crippen LogP) is 4.90. The van der Waals surface area contributed by atoms with Crippen molar-refractivity contribution in [2.45, 2.75) is 4.90 Å². The van der Waals surface area contributed by atoms with Crippen molar-refractivity contribution in [1.82, 2.24) is 24.6 Å². The Labute approximate surface area is 241 Å². The van der Waals surface area contributed by atoms with Crippen molar-refractivity contribution in [2.24, 2.45) is 0 Å². The van der Waals surface area contributed by atoms with Gasteiger partial charge in [-0.15, -0.1) is 10.2 Å². The van der Waals surface area contributed by atoms with E-state index in [1.807, 2.05) is 0 Å². The first kappa shape index (κ1) is 27.5. The lowest BCUT2D eigenvalue weighted by Crippen LogP contribution is -2.15. The topological polar surface area (TPSA) is 162 Å². The van der Waals surface area contributed by atoms with E-state index in [-0.39, 0.29) is 28.9 Å². The number of fused-ring (bicyclic) bond motifs is 1. The molecule has 0 aliphatic rings. The molecule has 0 bridgehead atoms. The normalized spacial score (nSPS) is 11.5. The van der Waals surface area contributed by atoms with Gasteiger partial charge in [0.25, 0.3) is 15.9 Å². The molecule has 0 atom stereocenters. The number of carboxylic acid groups (broad SMARTS) is 1. The summed E-state index contributed by atoms with van der Waals surface area (Å²) in [4.78, 5) is 19.1. The summed E-state index contributed by atoms with van der Waals surface area (Å²) < 4.78 is 68.4. The Bertz CT molecular complexity index is 2150. The van der Waals surface area contributed by atoms with Crippen molar-refractivity contribution < 1.29 is 36.3 Å². The molecule has 6 rings (SSSR count). The number of hydrogen-bond donors (Lipinski definition) is 2. The molecule has 0 radical (unpaired) electrons. The van der Waals surface area contributed by atoms with Crippen LogP contribution in [0.25, 0.3) is 39.8 Å². The zero-order chi connectivity index (χ0) is 30.3. The summed E-state index contributed by atoms with van der Waals surface area (Å²) in [5.74, 6) is -3.13. The average Bonchev–Trinajstić information content (AvgIpc) is 3.64. The van der Waals surface area contributed by atoms with Crippen LogP contribution in [0.1, 0.15) is 10.4 Å². The Morgan fingerprint density at radius 2 is 1.77 bits per heavy atom. The fourth-order valence-electron chi connectivity index (χ4n) is 4.28. The van der Waals surface area contributed by atoms with E-state index >= 15 is 0 Å². The minimum absolute atomic E-state index is 0.0641. The number of halogens is 2. The van der Waals surface area contributed by atoms with Gasteiger partial charge in [-0.05, 0) is 48.5 Å². The lowest BCUT2D eigenvalue weighted by atomic mass is 10.1. The number of hydrogen-bond acceptors (Lipinski definition) is 9. The second kappa shape index (κ2) is 10.6. The monoisotopic (exact) mass is 604 g/mol. The number of pyridine rings is 2. The number of methoxy groups -OCH3 is 1. The van der Waals surface area contributed by atoms with Gasteiger partial charge in [0, 0.05) is 35.2 Å². The summed E-state index contributed by atoms with van der Waals surface area (Å²) in [6.07, 6.45) is 4.66. The van der Waals surface area contributed by atoms with Crippen LogP contribution in [-0.2, 0) is 10.0 Å². The molecule has 0 unspecified atom stereocenters. The number of aromatic nitrogens is 5. The lowest BCUT2D eigenvalue weighted by Gasteiger charge is -2.13. The summed E-state index contributed by atoms with van der Waals surface area (Å²) in [7, 11) is -3.19. The van der Waals surface area contributed by atoms with Gasteiger partial charge in [-0.2, -0.15) is 0 Å². The fourth-order valence-corrected chi connectivity index (χ4v) is 5.39. The number of anilines is 1. The Morgan fingerprint density at radius 3 is 2.53 bits per heavy atom. The van der Waals surface area contributed by atoms with Crippen LogP contribution in [0.4, 0.5) is 14.5 Å². The molecule has 0 fully saturated rings. The molecule has 0 saturated carbocycles. The van der Waals surface area contributed by atoms with Crippen molar-refractivity contribution in [3.8, 4) is 40.0 Å². The highest BCUT2D eigenvalue weighted by molar-refractivity contribution is 7.92. The Morgan fingerprint density at radius 1 is 0.953 bits per heavy atom. The molecule has 0 aliphatic carbocycles. The number of carboxylic acids is 1. The molecule has 0 saturated heterocycles. The highest BCUT2D eigenvalue weighted by Crippen LogP contribution is 2.32. The Kier molecular flexibility index (Phi) is 6.78. The molecule has 0 spiro atoms. The first-order chi connectivity index (χ1) is 20.6. The minimum Gasteiger partial charge on any atom is -0.480 e. The number of sulfonamides is 1. The number of nitrogens with one attached hydrogen (secondary N) is 1. The van der Waals surface area contributed by atoms with E-state index in [2.05, 4.69) is 24.9 Å². The van der Waals surface area contributed by atoms with E-state index in [1.54, 1.807) is 34.9 Å². The number of benzene rings is 2. The number of ether oxygens (including phenoxy) is 1. The maximum absolute atomic E-state index is 14.3. The highest BCUT2D eigenvalue weighted by atomic mass is 32.2. The summed E-state index contributed by atoms with van der Waals surface area (Å²) in [6.45, 7) is 0. The van der Waals surface area contributed by atoms with E-state index in [0.717, 1.165) is 12.1 Å². The van der Waals surface area contributed by atoms with Crippen molar-refractivity contribution in [1.29, 1.82) is 0 Å². The van der Waals surface area contributed by atoms with Gasteiger partial charge < -0.3 is 14.3 Å². The average molecular weight is 605 g/mol. The van der Waals surface area contributed by atoms with E-state index in [9.17, 15) is 27.1 Å². The first-order valence-corrected chi connectivity index (χ1v) is 13.8. The zero-order valence-corrected chi connectivity index (χ0v) is 22.7. The van der Waals surface area contributed by atoms with Gasteiger partial charge in [0.1, 0.15) is 33.6 Å². The van der Waals surface area contributed by atoms with Gasteiger partial charge in [0.15, 0.2) is 0 Å². The number of rotatable bonds is 8. The third-order valence-corrected chi connectivity index (χ3v) is 7.71. The molecule has 12 nitrogen and oxygen atoms in total. The maximum Gasteiger partial charge on any atom is 0.335 e. The van der Waals surface area contributed by atoms with Crippen molar-refractivity contribution in [2.75, 3.05) is 11.8 Å². The van der Waals surface area contributed by atoms with Gasteiger partial charge in [-0.3, -0.25) is 9.12 Å². The molecular weight excluding hydrogens is 586 g/mol. The van der Waals surface area contributed by atoms with E-state index in [0.29, 0.717) is 34.1 Å². The van der Waals surface area contributed by atoms with Crippen LogP contribution < -0.4 is 9.46 Å². The molecule has 43 heavy (non-hydrogen) atoms.